The number of pyridine rings is 1. The Labute approximate surface area is 310 Å². The predicted molar refractivity (Wildman–Crippen MR) is 200 cm³/mol. The molecule has 1 fully saturated rings. The number of anilines is 2. The molecule has 1 saturated heterocycles. The molecule has 1 aliphatic carbocycles. The Morgan fingerprint density at radius 3 is 2.57 bits per heavy atom. The lowest BCUT2D eigenvalue weighted by Crippen LogP contribution is -2.37. The Morgan fingerprint density at radius 1 is 1.00 bits per heavy atom. The number of carbonyl (C=O) groups is 2. The average molecular weight is 738 g/mol. The van der Waals surface area contributed by atoms with Crippen LogP contribution >= 0.6 is 12.9 Å². The number of methoxy groups -OCH3 is 1. The van der Waals surface area contributed by atoms with Crippen molar-refractivity contribution in [2.24, 2.45) is 11.8 Å². The van der Waals surface area contributed by atoms with Gasteiger partial charge in [0.05, 0.1) is 36.3 Å². The summed E-state index contributed by atoms with van der Waals surface area (Å²) in [6.45, 7) is 2.51. The van der Waals surface area contributed by atoms with Crippen molar-refractivity contribution in [3.8, 4) is 22.6 Å². The number of likely N-dealkylation sites (tertiary alicyclic amines) is 1. The number of halogens is 2. The number of nitrogens with one attached hydrogen (secondary N) is 2. The summed E-state index contributed by atoms with van der Waals surface area (Å²) in [6, 6.07) is 17.5. The number of hydrogen-bond donors (Lipinski definition) is 3. The van der Waals surface area contributed by atoms with E-state index in [1.54, 1.807) is 37.6 Å². The van der Waals surface area contributed by atoms with E-state index in [0.29, 0.717) is 59.0 Å². The number of fused-ring (bicyclic) bond motifs is 1. The van der Waals surface area contributed by atoms with Crippen molar-refractivity contribution in [3.05, 3.63) is 120 Å². The van der Waals surface area contributed by atoms with Gasteiger partial charge in [0.2, 0.25) is 5.95 Å². The molecule has 1 amide bonds. The highest BCUT2D eigenvalue weighted by molar-refractivity contribution is 7.75. The van der Waals surface area contributed by atoms with Gasteiger partial charge in [0.1, 0.15) is 28.7 Å². The molecule has 7 rings (SSSR count). The van der Waals surface area contributed by atoms with Crippen LogP contribution in [0.15, 0.2) is 103 Å². The van der Waals surface area contributed by atoms with E-state index in [1.807, 2.05) is 34.9 Å². The molecular formula is C39H37F2N7O4S. The van der Waals surface area contributed by atoms with Gasteiger partial charge in [-0.25, -0.2) is 23.7 Å². The van der Waals surface area contributed by atoms with Crippen LogP contribution in [0.4, 0.5) is 20.4 Å². The molecule has 14 heteroatoms. The molecule has 53 heavy (non-hydrogen) atoms. The first-order valence-corrected chi connectivity index (χ1v) is 17.6. The molecule has 0 saturated carbocycles. The first-order chi connectivity index (χ1) is 25.8. The first-order valence-electron chi connectivity index (χ1n) is 17.3. The number of benzene rings is 2. The molecule has 2 N–H and O–H groups in total. The van der Waals surface area contributed by atoms with Crippen LogP contribution in [0.5, 0.6) is 0 Å². The number of imidazole rings is 1. The molecule has 1 unspecified atom stereocenters. The number of para-hydroxylation sites is 1. The second kappa shape index (κ2) is 16.0. The maximum absolute atomic E-state index is 14.3. The lowest BCUT2D eigenvalue weighted by atomic mass is 9.80. The molecule has 3 aromatic heterocycles. The predicted octanol–water partition coefficient (Wildman–Crippen LogP) is 7.32. The van der Waals surface area contributed by atoms with Crippen molar-refractivity contribution < 1.29 is 27.3 Å². The lowest BCUT2D eigenvalue weighted by molar-refractivity contribution is -0.133. The summed E-state index contributed by atoms with van der Waals surface area (Å²) in [5.41, 5.74) is 3.51. The van der Waals surface area contributed by atoms with Crippen LogP contribution in [0.25, 0.3) is 28.3 Å². The van der Waals surface area contributed by atoms with Crippen LogP contribution in [0.3, 0.4) is 0 Å². The Hall–Kier alpha value is -5.60. The van der Waals surface area contributed by atoms with Gasteiger partial charge >= 0.3 is 5.97 Å². The van der Waals surface area contributed by atoms with Gasteiger partial charge in [-0.15, -0.1) is 0 Å². The summed E-state index contributed by atoms with van der Waals surface area (Å²) in [5.74, 6) is -0.838. The Balaban J connectivity index is 1.10. The normalized spacial score (nSPS) is 16.5. The van der Waals surface area contributed by atoms with Gasteiger partial charge in [-0.2, -0.15) is 0 Å². The van der Waals surface area contributed by atoms with E-state index in [1.165, 1.54) is 6.07 Å². The monoisotopic (exact) mass is 737 g/mol. The number of amides is 1. The van der Waals surface area contributed by atoms with Crippen molar-refractivity contribution in [1.82, 2.24) is 24.3 Å². The fraction of sp³-hybridized carbons (Fsp3) is 0.256. The van der Waals surface area contributed by atoms with E-state index >= 15 is 0 Å². The fourth-order valence-corrected chi connectivity index (χ4v) is 7.04. The van der Waals surface area contributed by atoms with E-state index in [9.17, 15) is 18.4 Å². The zero-order valence-electron chi connectivity index (χ0n) is 28.8. The van der Waals surface area contributed by atoms with Crippen molar-refractivity contribution >= 4 is 42.1 Å². The third kappa shape index (κ3) is 7.93. The van der Waals surface area contributed by atoms with E-state index in [4.69, 9.17) is 14.7 Å². The van der Waals surface area contributed by atoms with E-state index in [2.05, 4.69) is 49.8 Å². The molecule has 0 radical (unpaired) electrons. The fourth-order valence-electron chi connectivity index (χ4n) is 6.95. The topological polar surface area (TPSA) is 123 Å². The minimum atomic E-state index is -0.869. The number of ether oxygens (including phenoxy) is 1. The quantitative estimate of drug-likeness (QED) is 0.0945. The Morgan fingerprint density at radius 2 is 1.79 bits per heavy atom. The van der Waals surface area contributed by atoms with Crippen LogP contribution in [-0.2, 0) is 13.7 Å². The van der Waals surface area contributed by atoms with Gasteiger partial charge in [-0.3, -0.25) is 14.0 Å². The van der Waals surface area contributed by atoms with E-state index < -0.39 is 23.2 Å². The molecule has 0 spiro atoms. The number of nitrogens with zero attached hydrogens (tertiary/aromatic N) is 5. The molecule has 1 atom stereocenters. The summed E-state index contributed by atoms with van der Waals surface area (Å²) in [6.07, 6.45) is 11.0. The Kier molecular flexibility index (Phi) is 10.8. The smallest absolute Gasteiger partial charge is 0.318 e. The maximum atomic E-state index is 14.3. The van der Waals surface area contributed by atoms with Gasteiger partial charge < -0.3 is 24.5 Å². The number of carbonyl (C=O) groups excluding carboxylic acids is 2. The summed E-state index contributed by atoms with van der Waals surface area (Å²) >= 11 is 3.59. The van der Waals surface area contributed by atoms with Crippen molar-refractivity contribution in [1.29, 1.82) is 0 Å². The molecule has 2 aromatic carbocycles. The molecular weight excluding hydrogens is 701 g/mol. The second-order valence-electron chi connectivity index (χ2n) is 12.9. The third-order valence-corrected chi connectivity index (χ3v) is 9.89. The molecule has 0 bridgehead atoms. The summed E-state index contributed by atoms with van der Waals surface area (Å²) in [5, 5.41) is 5.71. The van der Waals surface area contributed by atoms with Gasteiger partial charge in [-0.05, 0) is 92.7 Å². The van der Waals surface area contributed by atoms with Gasteiger partial charge in [-0.1, -0.05) is 30.3 Å². The second-order valence-corrected chi connectivity index (χ2v) is 13.1. The maximum Gasteiger partial charge on any atom is 0.318 e. The average Bonchev–Trinajstić information content (AvgIpc) is 3.59. The highest BCUT2D eigenvalue weighted by Gasteiger charge is 2.29. The number of rotatable bonds is 11. The van der Waals surface area contributed by atoms with Gasteiger partial charge in [0, 0.05) is 43.0 Å². The zero-order valence-corrected chi connectivity index (χ0v) is 29.7. The first kappa shape index (κ1) is 35.8. The minimum Gasteiger partial charge on any atom is -0.495 e. The van der Waals surface area contributed by atoms with Gasteiger partial charge in [0.15, 0.2) is 0 Å². The number of thiol groups is 1. The number of piperidine rings is 1. The summed E-state index contributed by atoms with van der Waals surface area (Å²) in [7, 11) is 1.65. The van der Waals surface area contributed by atoms with Crippen LogP contribution in [-0.4, -0.2) is 62.9 Å². The number of allylic oxidation sites excluding steroid dienone is 2. The summed E-state index contributed by atoms with van der Waals surface area (Å²) < 4.78 is 40.8. The molecule has 4 heterocycles. The zero-order chi connectivity index (χ0) is 36.9. The number of aromatic nitrogens is 4. The minimum absolute atomic E-state index is 0.195. The molecule has 1 aliphatic heterocycles. The van der Waals surface area contributed by atoms with Crippen molar-refractivity contribution in [2.75, 3.05) is 37.4 Å². The van der Waals surface area contributed by atoms with Crippen LogP contribution in [0, 0.1) is 23.5 Å². The molecule has 272 valence electrons. The van der Waals surface area contributed by atoms with Crippen molar-refractivity contribution in [2.45, 2.75) is 25.7 Å². The molecule has 2 aliphatic rings. The third-order valence-electron chi connectivity index (χ3n) is 9.69. The van der Waals surface area contributed by atoms with Gasteiger partial charge in [0.25, 0.3) is 5.91 Å². The van der Waals surface area contributed by atoms with E-state index in [-0.39, 0.29) is 11.5 Å². The molecule has 5 aromatic rings. The van der Waals surface area contributed by atoms with Crippen LogP contribution in [0.1, 0.15) is 36.0 Å². The summed E-state index contributed by atoms with van der Waals surface area (Å²) in [4.78, 5) is 41.2. The van der Waals surface area contributed by atoms with Crippen molar-refractivity contribution in [3.63, 3.8) is 0 Å². The number of hydrogen-bond acceptors (Lipinski definition) is 10. The SMILES string of the molecule is COC1=CC(C2CCN(CCC(=O)OS)CC2)CC=C1Nc1nccc(-c2c(-c3cccc(C(=O)Nc4c(F)cccc4F)c3)nc3ccccn23)n1. The lowest BCUT2D eigenvalue weighted by Gasteiger charge is -2.36. The van der Waals surface area contributed by atoms with Crippen LogP contribution < -0.4 is 10.6 Å². The highest BCUT2D eigenvalue weighted by atomic mass is 32.1. The van der Waals surface area contributed by atoms with Crippen LogP contribution in [0.2, 0.25) is 0 Å². The standard InChI is InChI=1S/C39H37F2N7O4S/c1-51-32-23-25(24-14-19-47(20-15-24)21-16-34(49)52-53)11-12-30(32)43-39-42-17-13-31(44-39)37-35(45-33-10-2-3-18-48(33)37)26-6-4-7-27(22-26)38(50)46-36-28(40)8-5-9-29(36)41/h2-10,12-13,17-18,22-25,53H,11,14-16,19-21H2,1H3,(H,46,50)(H,42,43,44). The largest absolute Gasteiger partial charge is 0.495 e. The van der Waals surface area contributed by atoms with E-state index in [0.717, 1.165) is 55.9 Å². The molecule has 11 nitrogen and oxygen atoms in total. The Bertz CT molecular complexity index is 2200. The highest BCUT2D eigenvalue weighted by Crippen LogP contribution is 2.36.